The van der Waals surface area contributed by atoms with E-state index in [9.17, 15) is 14.4 Å². The van der Waals surface area contributed by atoms with E-state index in [2.05, 4.69) is 0 Å². The summed E-state index contributed by atoms with van der Waals surface area (Å²) in [7, 11) is 2.44. The molecule has 0 spiro atoms. The van der Waals surface area contributed by atoms with Crippen LogP contribution in [0.2, 0.25) is 5.02 Å². The summed E-state index contributed by atoms with van der Waals surface area (Å²) in [6.45, 7) is 0.374. The Balaban J connectivity index is 1.88. The first-order chi connectivity index (χ1) is 14.5. The molecule has 0 bridgehead atoms. The fraction of sp³-hybridized carbons (Fsp3) is 0.318. The van der Waals surface area contributed by atoms with Gasteiger partial charge in [-0.05, 0) is 29.7 Å². The van der Waals surface area contributed by atoms with Gasteiger partial charge in [0.1, 0.15) is 6.61 Å². The Morgan fingerprint density at radius 3 is 2.37 bits per heavy atom. The summed E-state index contributed by atoms with van der Waals surface area (Å²) >= 11 is 6.16. The highest BCUT2D eigenvalue weighted by molar-refractivity contribution is 6.31. The molecule has 1 amide bonds. The Labute approximate surface area is 179 Å². The molecule has 2 aromatic carbocycles. The summed E-state index contributed by atoms with van der Waals surface area (Å²) in [6.07, 6.45) is -0.183. The number of halogens is 1. The highest BCUT2D eigenvalue weighted by atomic mass is 35.5. The molecular formula is C22H22ClNO6. The van der Waals surface area contributed by atoms with Crippen molar-refractivity contribution in [3.05, 3.63) is 64.7 Å². The van der Waals surface area contributed by atoms with E-state index in [0.717, 1.165) is 5.56 Å². The topological polar surface area (TPSA) is 82.1 Å². The van der Waals surface area contributed by atoms with E-state index < -0.39 is 29.9 Å². The monoisotopic (exact) mass is 431 g/mol. The van der Waals surface area contributed by atoms with Crippen LogP contribution >= 0.6 is 11.6 Å². The van der Waals surface area contributed by atoms with Gasteiger partial charge in [0.15, 0.2) is 5.92 Å². The number of carbonyl (C=O) groups excluding carboxylic acids is 3. The van der Waals surface area contributed by atoms with Gasteiger partial charge in [0.05, 0.1) is 19.9 Å². The molecule has 0 saturated carbocycles. The molecular weight excluding hydrogens is 410 g/mol. The summed E-state index contributed by atoms with van der Waals surface area (Å²) in [5.74, 6) is -3.03. The lowest BCUT2D eigenvalue weighted by atomic mass is 9.80. The second-order valence-corrected chi connectivity index (χ2v) is 7.25. The number of ether oxygens (including phenoxy) is 3. The number of fused-ring (bicyclic) bond motifs is 1. The fourth-order valence-corrected chi connectivity index (χ4v) is 3.79. The van der Waals surface area contributed by atoms with E-state index in [1.165, 1.54) is 19.1 Å². The molecule has 30 heavy (non-hydrogen) atoms. The third-order valence-corrected chi connectivity index (χ3v) is 5.32. The van der Waals surface area contributed by atoms with Gasteiger partial charge in [-0.2, -0.15) is 0 Å². The Morgan fingerprint density at radius 2 is 1.73 bits per heavy atom. The van der Waals surface area contributed by atoms with Crippen molar-refractivity contribution in [2.75, 3.05) is 25.7 Å². The molecule has 1 aliphatic heterocycles. The van der Waals surface area contributed by atoms with E-state index in [0.29, 0.717) is 22.7 Å². The van der Waals surface area contributed by atoms with Crippen LogP contribution in [0.4, 0.5) is 10.5 Å². The zero-order valence-electron chi connectivity index (χ0n) is 16.7. The van der Waals surface area contributed by atoms with Crippen molar-refractivity contribution in [3.63, 3.8) is 0 Å². The zero-order valence-corrected chi connectivity index (χ0v) is 17.4. The maximum absolute atomic E-state index is 12.8. The molecule has 8 heteroatoms. The number of hydrogen-bond acceptors (Lipinski definition) is 6. The molecule has 1 heterocycles. The van der Waals surface area contributed by atoms with Crippen LogP contribution < -0.4 is 4.90 Å². The van der Waals surface area contributed by atoms with Gasteiger partial charge in [-0.1, -0.05) is 48.0 Å². The number of rotatable bonds is 5. The standard InChI is InChI=1S/C22H22ClNO6/c1-28-20(25)19(21(26)29-2)17-10-11-24(18-12-15(23)8-9-16(17)18)22(27)30-13-14-6-4-3-5-7-14/h3-9,12,17,19H,10-11,13H2,1-2H3/t17-/m0/s1. The van der Waals surface area contributed by atoms with Crippen molar-refractivity contribution < 1.29 is 28.6 Å². The summed E-state index contributed by atoms with van der Waals surface area (Å²) in [5, 5.41) is 0.419. The first kappa shape index (κ1) is 21.6. The van der Waals surface area contributed by atoms with Gasteiger partial charge in [-0.25, -0.2) is 4.79 Å². The molecule has 0 aliphatic carbocycles. The maximum atomic E-state index is 12.8. The molecule has 2 aromatic rings. The minimum Gasteiger partial charge on any atom is -0.468 e. The van der Waals surface area contributed by atoms with Crippen molar-refractivity contribution in [1.82, 2.24) is 0 Å². The largest absolute Gasteiger partial charge is 0.468 e. The minimum absolute atomic E-state index is 0.127. The number of esters is 2. The number of anilines is 1. The zero-order chi connectivity index (χ0) is 21.7. The van der Waals surface area contributed by atoms with Crippen LogP contribution in [-0.2, 0) is 30.4 Å². The van der Waals surface area contributed by atoms with E-state index in [4.69, 9.17) is 25.8 Å². The molecule has 0 saturated heterocycles. The fourth-order valence-electron chi connectivity index (χ4n) is 3.62. The van der Waals surface area contributed by atoms with Gasteiger partial charge < -0.3 is 14.2 Å². The van der Waals surface area contributed by atoms with Gasteiger partial charge in [-0.3, -0.25) is 14.5 Å². The Kier molecular flexibility index (Phi) is 6.95. The molecule has 3 rings (SSSR count). The van der Waals surface area contributed by atoms with Crippen molar-refractivity contribution in [2.45, 2.75) is 18.9 Å². The van der Waals surface area contributed by atoms with E-state index in [-0.39, 0.29) is 13.2 Å². The molecule has 0 N–H and O–H groups in total. The van der Waals surface area contributed by atoms with Crippen LogP contribution in [0.25, 0.3) is 0 Å². The van der Waals surface area contributed by atoms with Crippen molar-refractivity contribution in [1.29, 1.82) is 0 Å². The van der Waals surface area contributed by atoms with E-state index >= 15 is 0 Å². The van der Waals surface area contributed by atoms with Gasteiger partial charge in [0, 0.05) is 17.5 Å². The Hall–Kier alpha value is -3.06. The number of methoxy groups -OCH3 is 2. The smallest absolute Gasteiger partial charge is 0.414 e. The molecule has 1 atom stereocenters. The van der Waals surface area contributed by atoms with Crippen LogP contribution in [0.3, 0.4) is 0 Å². The van der Waals surface area contributed by atoms with Crippen LogP contribution in [0.1, 0.15) is 23.5 Å². The lowest BCUT2D eigenvalue weighted by Gasteiger charge is -2.35. The molecule has 0 unspecified atom stereocenters. The average molecular weight is 432 g/mol. The minimum atomic E-state index is -1.14. The third-order valence-electron chi connectivity index (χ3n) is 5.08. The van der Waals surface area contributed by atoms with Gasteiger partial charge >= 0.3 is 18.0 Å². The molecule has 7 nitrogen and oxygen atoms in total. The summed E-state index contributed by atoms with van der Waals surface area (Å²) in [4.78, 5) is 38.9. The summed E-state index contributed by atoms with van der Waals surface area (Å²) in [6, 6.07) is 14.3. The molecule has 1 aliphatic rings. The molecule has 158 valence electrons. The number of hydrogen-bond donors (Lipinski definition) is 0. The third kappa shape index (κ3) is 4.57. The summed E-state index contributed by atoms with van der Waals surface area (Å²) < 4.78 is 15.1. The quantitative estimate of drug-likeness (QED) is 0.405. The van der Waals surface area contributed by atoms with Gasteiger partial charge in [0.2, 0.25) is 0 Å². The Bertz CT molecular complexity index is 916. The van der Waals surface area contributed by atoms with Crippen molar-refractivity contribution >= 4 is 35.3 Å². The van der Waals surface area contributed by atoms with E-state index in [1.807, 2.05) is 30.3 Å². The number of amides is 1. The lowest BCUT2D eigenvalue weighted by Crippen LogP contribution is -2.41. The van der Waals surface area contributed by atoms with Crippen molar-refractivity contribution in [3.8, 4) is 0 Å². The second kappa shape index (κ2) is 9.63. The van der Waals surface area contributed by atoms with Crippen LogP contribution in [-0.4, -0.2) is 38.8 Å². The summed E-state index contributed by atoms with van der Waals surface area (Å²) in [5.41, 5.74) is 1.99. The number of nitrogens with zero attached hydrogens (tertiary/aromatic N) is 1. The second-order valence-electron chi connectivity index (χ2n) is 6.81. The number of carbonyl (C=O) groups is 3. The average Bonchev–Trinajstić information content (AvgIpc) is 2.77. The first-order valence-corrected chi connectivity index (χ1v) is 9.77. The molecule has 0 radical (unpaired) electrons. The van der Waals surface area contributed by atoms with Gasteiger partial charge in [0.25, 0.3) is 0 Å². The van der Waals surface area contributed by atoms with Crippen molar-refractivity contribution in [2.24, 2.45) is 5.92 Å². The van der Waals surface area contributed by atoms with E-state index in [1.54, 1.807) is 18.2 Å². The predicted molar refractivity (Wildman–Crippen MR) is 110 cm³/mol. The van der Waals surface area contributed by atoms with Gasteiger partial charge in [-0.15, -0.1) is 0 Å². The molecule has 0 aromatic heterocycles. The maximum Gasteiger partial charge on any atom is 0.414 e. The highest BCUT2D eigenvalue weighted by Gasteiger charge is 2.42. The SMILES string of the molecule is COC(=O)C(C(=O)OC)[C@H]1CCN(C(=O)OCc2ccccc2)c2cc(Cl)ccc21. The molecule has 0 fully saturated rings. The van der Waals surface area contributed by atoms with Crippen LogP contribution in [0, 0.1) is 5.92 Å². The highest BCUT2D eigenvalue weighted by Crippen LogP contribution is 2.42. The predicted octanol–water partition coefficient (Wildman–Crippen LogP) is 3.93. The van der Waals surface area contributed by atoms with Crippen LogP contribution in [0.5, 0.6) is 0 Å². The number of benzene rings is 2. The van der Waals surface area contributed by atoms with Crippen LogP contribution in [0.15, 0.2) is 48.5 Å². The normalized spacial score (nSPS) is 15.3. The first-order valence-electron chi connectivity index (χ1n) is 9.39. The lowest BCUT2D eigenvalue weighted by molar-refractivity contribution is -0.160. The Morgan fingerprint density at radius 1 is 1.07 bits per heavy atom.